The van der Waals surface area contributed by atoms with E-state index in [-0.39, 0.29) is 0 Å². The second-order valence-corrected chi connectivity index (χ2v) is 5.05. The lowest BCUT2D eigenvalue weighted by Gasteiger charge is -2.29. The molecule has 1 fully saturated rings. The minimum absolute atomic E-state index is 0.580. The van der Waals surface area contributed by atoms with Gasteiger partial charge in [-0.1, -0.05) is 6.42 Å². The maximum Gasteiger partial charge on any atom is 0.0490 e. The number of piperidine rings is 1. The summed E-state index contributed by atoms with van der Waals surface area (Å²) in [4.78, 5) is 2.58. The van der Waals surface area contributed by atoms with Gasteiger partial charge in [0.05, 0.1) is 0 Å². The van der Waals surface area contributed by atoms with Gasteiger partial charge >= 0.3 is 0 Å². The van der Waals surface area contributed by atoms with Crippen molar-refractivity contribution in [1.29, 1.82) is 0 Å². The summed E-state index contributed by atoms with van der Waals surface area (Å²) in [5.74, 6) is 0. The Morgan fingerprint density at radius 2 is 2.24 bits per heavy atom. The van der Waals surface area contributed by atoms with Gasteiger partial charge in [-0.05, 0) is 38.9 Å². The van der Waals surface area contributed by atoms with Gasteiger partial charge in [-0.25, -0.2) is 0 Å². The van der Waals surface area contributed by atoms with Crippen LogP contribution < -0.4 is 5.32 Å². The monoisotopic (exact) mass is 236 g/mol. The van der Waals surface area contributed by atoms with E-state index >= 15 is 0 Å². The van der Waals surface area contributed by atoms with Gasteiger partial charge in [0.25, 0.3) is 0 Å². The molecule has 2 heterocycles. The van der Waals surface area contributed by atoms with Crippen LogP contribution in [-0.4, -0.2) is 47.3 Å². The smallest absolute Gasteiger partial charge is 0.0490 e. The van der Waals surface area contributed by atoms with Crippen molar-refractivity contribution in [3.05, 3.63) is 18.0 Å². The lowest BCUT2D eigenvalue weighted by atomic mass is 10.1. The van der Waals surface area contributed by atoms with E-state index in [0.29, 0.717) is 6.04 Å². The quantitative estimate of drug-likeness (QED) is 0.785. The van der Waals surface area contributed by atoms with E-state index in [1.54, 1.807) is 0 Å². The Morgan fingerprint density at radius 1 is 1.41 bits per heavy atom. The number of hydrogen-bond donors (Lipinski definition) is 2. The fourth-order valence-electron chi connectivity index (χ4n) is 2.47. The first-order chi connectivity index (χ1) is 8.34. The predicted molar refractivity (Wildman–Crippen MR) is 70.0 cm³/mol. The van der Waals surface area contributed by atoms with Crippen LogP contribution >= 0.6 is 0 Å². The summed E-state index contributed by atoms with van der Waals surface area (Å²) in [7, 11) is 0. The van der Waals surface area contributed by atoms with Gasteiger partial charge in [0.1, 0.15) is 0 Å². The van der Waals surface area contributed by atoms with Crippen molar-refractivity contribution >= 4 is 0 Å². The number of likely N-dealkylation sites (tertiary alicyclic amines) is 1. The van der Waals surface area contributed by atoms with E-state index < -0.39 is 0 Å². The summed E-state index contributed by atoms with van der Waals surface area (Å²) < 4.78 is 0. The summed E-state index contributed by atoms with van der Waals surface area (Å²) in [5, 5.41) is 10.5. The van der Waals surface area contributed by atoms with E-state index in [1.807, 2.05) is 12.3 Å². The standard InChI is InChI=1S/C13H24N4/c1-12(11-17-9-3-2-4-10-17)14-7-5-13-6-8-15-16-13/h6,8,12,14H,2-5,7,9-11H2,1H3,(H,15,16). The van der Waals surface area contributed by atoms with E-state index in [0.717, 1.165) is 13.0 Å². The molecule has 2 rings (SSSR count). The highest BCUT2D eigenvalue weighted by molar-refractivity contribution is 4.97. The second-order valence-electron chi connectivity index (χ2n) is 5.05. The molecule has 1 saturated heterocycles. The van der Waals surface area contributed by atoms with Gasteiger partial charge in [-0.3, -0.25) is 5.10 Å². The fraction of sp³-hybridized carbons (Fsp3) is 0.769. The van der Waals surface area contributed by atoms with Crippen LogP contribution in [-0.2, 0) is 6.42 Å². The van der Waals surface area contributed by atoms with Gasteiger partial charge in [-0.15, -0.1) is 0 Å². The summed E-state index contributed by atoms with van der Waals surface area (Å²) in [6.07, 6.45) is 7.01. The van der Waals surface area contributed by atoms with Crippen molar-refractivity contribution in [2.75, 3.05) is 26.2 Å². The first-order valence-corrected chi connectivity index (χ1v) is 6.78. The molecule has 0 spiro atoms. The SMILES string of the molecule is CC(CN1CCCCC1)NCCc1ccn[nH]1. The maximum atomic E-state index is 3.95. The van der Waals surface area contributed by atoms with Crippen molar-refractivity contribution < 1.29 is 0 Å². The largest absolute Gasteiger partial charge is 0.313 e. The van der Waals surface area contributed by atoms with Crippen molar-refractivity contribution in [3.63, 3.8) is 0 Å². The average molecular weight is 236 g/mol. The Bertz CT molecular complexity index is 290. The van der Waals surface area contributed by atoms with Gasteiger partial charge in [-0.2, -0.15) is 5.10 Å². The number of aromatic amines is 1. The molecule has 1 aromatic rings. The van der Waals surface area contributed by atoms with Crippen LogP contribution in [0.3, 0.4) is 0 Å². The van der Waals surface area contributed by atoms with Crippen LogP contribution in [0.4, 0.5) is 0 Å². The fourth-order valence-corrected chi connectivity index (χ4v) is 2.47. The highest BCUT2D eigenvalue weighted by Crippen LogP contribution is 2.08. The zero-order valence-corrected chi connectivity index (χ0v) is 10.8. The average Bonchev–Trinajstić information content (AvgIpc) is 2.83. The molecule has 17 heavy (non-hydrogen) atoms. The van der Waals surface area contributed by atoms with Crippen LogP contribution in [0.2, 0.25) is 0 Å². The highest BCUT2D eigenvalue weighted by Gasteiger charge is 2.12. The third kappa shape index (κ3) is 4.48. The molecule has 0 aliphatic carbocycles. The molecule has 1 unspecified atom stereocenters. The normalized spacial score (nSPS) is 19.4. The number of nitrogens with one attached hydrogen (secondary N) is 2. The second kappa shape index (κ2) is 6.77. The first-order valence-electron chi connectivity index (χ1n) is 6.78. The van der Waals surface area contributed by atoms with Crippen LogP contribution in [0.25, 0.3) is 0 Å². The lowest BCUT2D eigenvalue weighted by Crippen LogP contribution is -2.42. The Kier molecular flexibility index (Phi) is 5.01. The summed E-state index contributed by atoms with van der Waals surface area (Å²) in [5.41, 5.74) is 1.21. The van der Waals surface area contributed by atoms with E-state index in [2.05, 4.69) is 27.3 Å². The molecule has 0 aromatic carbocycles. The van der Waals surface area contributed by atoms with Gasteiger partial charge in [0.2, 0.25) is 0 Å². The van der Waals surface area contributed by atoms with Gasteiger partial charge < -0.3 is 10.2 Å². The maximum absolute atomic E-state index is 3.95. The number of rotatable bonds is 6. The van der Waals surface area contributed by atoms with Crippen molar-refractivity contribution in [2.24, 2.45) is 0 Å². The highest BCUT2D eigenvalue weighted by atomic mass is 15.2. The molecule has 2 N–H and O–H groups in total. The molecule has 1 atom stereocenters. The van der Waals surface area contributed by atoms with Crippen LogP contribution in [0.1, 0.15) is 31.9 Å². The molecule has 1 aromatic heterocycles. The minimum atomic E-state index is 0.580. The topological polar surface area (TPSA) is 44.0 Å². The van der Waals surface area contributed by atoms with Crippen molar-refractivity contribution in [1.82, 2.24) is 20.4 Å². The molecule has 0 bridgehead atoms. The molecule has 1 aliphatic heterocycles. The van der Waals surface area contributed by atoms with Crippen molar-refractivity contribution in [3.8, 4) is 0 Å². The minimum Gasteiger partial charge on any atom is -0.313 e. The molecular weight excluding hydrogens is 212 g/mol. The molecule has 0 saturated carbocycles. The summed E-state index contributed by atoms with van der Waals surface area (Å²) in [6.45, 7) is 7.06. The number of H-pyrrole nitrogens is 1. The van der Waals surface area contributed by atoms with Crippen LogP contribution in [0.5, 0.6) is 0 Å². The third-order valence-corrected chi connectivity index (χ3v) is 3.43. The Balaban J connectivity index is 1.58. The molecule has 4 nitrogen and oxygen atoms in total. The molecule has 0 amide bonds. The third-order valence-electron chi connectivity index (χ3n) is 3.43. The van der Waals surface area contributed by atoms with Gasteiger partial charge in [0.15, 0.2) is 0 Å². The van der Waals surface area contributed by atoms with Gasteiger partial charge in [0, 0.05) is 37.4 Å². The molecule has 4 heteroatoms. The Hall–Kier alpha value is -0.870. The number of hydrogen-bond acceptors (Lipinski definition) is 3. The molecule has 1 aliphatic rings. The van der Waals surface area contributed by atoms with E-state index in [4.69, 9.17) is 0 Å². The summed E-state index contributed by atoms with van der Waals surface area (Å²) >= 11 is 0. The number of aromatic nitrogens is 2. The zero-order valence-electron chi connectivity index (χ0n) is 10.8. The number of nitrogens with zero attached hydrogens (tertiary/aromatic N) is 2. The van der Waals surface area contributed by atoms with Crippen LogP contribution in [0.15, 0.2) is 12.3 Å². The Labute approximate surface area is 104 Å². The predicted octanol–water partition coefficient (Wildman–Crippen LogP) is 1.42. The zero-order chi connectivity index (χ0) is 11.9. The van der Waals surface area contributed by atoms with Crippen molar-refractivity contribution in [2.45, 2.75) is 38.6 Å². The first kappa shape index (κ1) is 12.6. The molecule has 96 valence electrons. The lowest BCUT2D eigenvalue weighted by molar-refractivity contribution is 0.209. The summed E-state index contributed by atoms with van der Waals surface area (Å²) in [6, 6.07) is 2.62. The Morgan fingerprint density at radius 3 is 2.94 bits per heavy atom. The molecular formula is C13H24N4. The van der Waals surface area contributed by atoms with Crippen LogP contribution in [0, 0.1) is 0 Å². The van der Waals surface area contributed by atoms with E-state index in [9.17, 15) is 0 Å². The van der Waals surface area contributed by atoms with E-state index in [1.165, 1.54) is 44.6 Å². The molecule has 0 radical (unpaired) electrons.